The Morgan fingerprint density at radius 1 is 1.64 bits per heavy atom. The van der Waals surface area contributed by atoms with Crippen LogP contribution in [0.5, 0.6) is 0 Å². The fraction of sp³-hybridized carbons (Fsp3) is 0.333. The smallest absolute Gasteiger partial charge is 0.348 e. The Morgan fingerprint density at radius 2 is 2.43 bits per heavy atom. The zero-order chi connectivity index (χ0) is 10.1. The second-order valence-corrected chi connectivity index (χ2v) is 3.08. The second kappa shape index (κ2) is 3.17. The predicted molar refractivity (Wildman–Crippen MR) is 47.1 cm³/mol. The van der Waals surface area contributed by atoms with Crippen molar-refractivity contribution in [3.05, 3.63) is 23.7 Å². The first-order valence-corrected chi connectivity index (χ1v) is 4.19. The number of carboxylic acids is 1. The molecule has 0 fully saturated rings. The summed E-state index contributed by atoms with van der Waals surface area (Å²) >= 11 is 0. The molecule has 1 aliphatic rings. The largest absolute Gasteiger partial charge is 0.478 e. The monoisotopic (exact) mass is 195 g/mol. The minimum absolute atomic E-state index is 0.252. The Morgan fingerprint density at radius 3 is 2.93 bits per heavy atom. The van der Waals surface area contributed by atoms with Crippen molar-refractivity contribution in [2.75, 3.05) is 0 Å². The van der Waals surface area contributed by atoms with Crippen LogP contribution in [0.1, 0.15) is 17.9 Å². The van der Waals surface area contributed by atoms with E-state index in [0.29, 0.717) is 11.5 Å². The quantitative estimate of drug-likeness (QED) is 0.768. The SMILES string of the molecule is Cc1ccc(C2=NOC(C(=O)O)C2)o1. The fourth-order valence-corrected chi connectivity index (χ4v) is 1.24. The second-order valence-electron chi connectivity index (χ2n) is 3.08. The van der Waals surface area contributed by atoms with Crippen molar-refractivity contribution in [1.82, 2.24) is 0 Å². The number of nitrogens with zero attached hydrogens (tertiary/aromatic N) is 1. The van der Waals surface area contributed by atoms with Gasteiger partial charge in [-0.05, 0) is 19.1 Å². The molecule has 0 aromatic carbocycles. The molecule has 2 heterocycles. The molecular weight excluding hydrogens is 186 g/mol. The molecule has 0 aliphatic carbocycles. The average molecular weight is 195 g/mol. The molecule has 1 aromatic rings. The molecule has 2 rings (SSSR count). The molecule has 0 spiro atoms. The number of aryl methyl sites for hydroxylation is 1. The fourth-order valence-electron chi connectivity index (χ4n) is 1.24. The molecule has 0 radical (unpaired) electrons. The maximum Gasteiger partial charge on any atom is 0.348 e. The van der Waals surface area contributed by atoms with Crippen LogP contribution in [0.25, 0.3) is 0 Å². The van der Waals surface area contributed by atoms with E-state index in [2.05, 4.69) is 5.16 Å². The van der Waals surface area contributed by atoms with Gasteiger partial charge in [-0.1, -0.05) is 5.16 Å². The van der Waals surface area contributed by atoms with Crippen LogP contribution < -0.4 is 0 Å². The van der Waals surface area contributed by atoms with E-state index in [9.17, 15) is 4.79 Å². The van der Waals surface area contributed by atoms with E-state index >= 15 is 0 Å². The van der Waals surface area contributed by atoms with Gasteiger partial charge in [-0.25, -0.2) is 4.79 Å². The van der Waals surface area contributed by atoms with E-state index in [1.54, 1.807) is 12.1 Å². The average Bonchev–Trinajstić information content (AvgIpc) is 2.70. The first-order chi connectivity index (χ1) is 6.66. The molecule has 1 aromatic heterocycles. The van der Waals surface area contributed by atoms with Crippen molar-refractivity contribution < 1.29 is 19.2 Å². The van der Waals surface area contributed by atoms with Gasteiger partial charge in [0.1, 0.15) is 11.5 Å². The van der Waals surface area contributed by atoms with E-state index in [1.807, 2.05) is 6.92 Å². The van der Waals surface area contributed by atoms with E-state index in [-0.39, 0.29) is 6.42 Å². The first-order valence-electron chi connectivity index (χ1n) is 4.19. The van der Waals surface area contributed by atoms with Crippen LogP contribution in [0.2, 0.25) is 0 Å². The molecule has 0 bridgehead atoms. The van der Waals surface area contributed by atoms with Crippen molar-refractivity contribution in [3.8, 4) is 0 Å². The third-order valence-electron chi connectivity index (χ3n) is 1.97. The standard InChI is InChI=1S/C9H9NO4/c1-5-2-3-7(13-5)6-4-8(9(11)12)14-10-6/h2-3,8H,4H2,1H3,(H,11,12). The van der Waals surface area contributed by atoms with Crippen LogP contribution in [0.15, 0.2) is 21.7 Å². The highest BCUT2D eigenvalue weighted by Gasteiger charge is 2.29. The molecule has 5 nitrogen and oxygen atoms in total. The Balaban J connectivity index is 2.12. The summed E-state index contributed by atoms with van der Waals surface area (Å²) in [7, 11) is 0. The number of carbonyl (C=O) groups is 1. The van der Waals surface area contributed by atoms with Gasteiger partial charge in [0.05, 0.1) is 0 Å². The zero-order valence-corrected chi connectivity index (χ0v) is 7.56. The van der Waals surface area contributed by atoms with Crippen LogP contribution in [-0.2, 0) is 9.63 Å². The molecular formula is C9H9NO4. The van der Waals surface area contributed by atoms with Gasteiger partial charge < -0.3 is 14.4 Å². The van der Waals surface area contributed by atoms with Gasteiger partial charge in [0, 0.05) is 6.42 Å². The van der Waals surface area contributed by atoms with Gasteiger partial charge in [-0.15, -0.1) is 0 Å². The lowest BCUT2D eigenvalue weighted by molar-refractivity contribution is -0.148. The molecule has 1 aliphatic heterocycles. The molecule has 0 saturated carbocycles. The van der Waals surface area contributed by atoms with Crippen LogP contribution in [0.4, 0.5) is 0 Å². The van der Waals surface area contributed by atoms with Gasteiger partial charge in [-0.2, -0.15) is 0 Å². The Kier molecular flexibility index (Phi) is 1.99. The topological polar surface area (TPSA) is 72.0 Å². The van der Waals surface area contributed by atoms with Gasteiger partial charge in [0.2, 0.25) is 6.10 Å². The lowest BCUT2D eigenvalue weighted by atomic mass is 10.1. The molecule has 1 atom stereocenters. The predicted octanol–water partition coefficient (Wildman–Crippen LogP) is 1.17. The summed E-state index contributed by atoms with van der Waals surface area (Å²) in [6.07, 6.45) is -0.627. The molecule has 0 amide bonds. The third kappa shape index (κ3) is 1.48. The number of carboxylic acid groups (broad SMARTS) is 1. The summed E-state index contributed by atoms with van der Waals surface area (Å²) in [5.74, 6) is 0.333. The Bertz CT molecular complexity index is 393. The third-order valence-corrected chi connectivity index (χ3v) is 1.97. The van der Waals surface area contributed by atoms with E-state index in [0.717, 1.165) is 5.76 Å². The first kappa shape index (κ1) is 8.80. The van der Waals surface area contributed by atoms with E-state index in [1.165, 1.54) is 0 Å². The number of hydrogen-bond acceptors (Lipinski definition) is 4. The number of rotatable bonds is 2. The van der Waals surface area contributed by atoms with Crippen LogP contribution in [0, 0.1) is 6.92 Å². The summed E-state index contributed by atoms with van der Waals surface area (Å²) in [6, 6.07) is 3.55. The highest BCUT2D eigenvalue weighted by Crippen LogP contribution is 2.18. The molecule has 5 heteroatoms. The van der Waals surface area contributed by atoms with Gasteiger partial charge >= 0.3 is 5.97 Å². The Labute approximate surface area is 80.0 Å². The van der Waals surface area contributed by atoms with Gasteiger partial charge in [0.25, 0.3) is 0 Å². The highest BCUT2D eigenvalue weighted by molar-refractivity contribution is 6.01. The van der Waals surface area contributed by atoms with Crippen LogP contribution in [-0.4, -0.2) is 22.9 Å². The summed E-state index contributed by atoms with van der Waals surface area (Å²) in [5.41, 5.74) is 0.547. The molecule has 74 valence electrons. The summed E-state index contributed by atoms with van der Waals surface area (Å²) in [6.45, 7) is 1.81. The highest BCUT2D eigenvalue weighted by atomic mass is 16.7. The van der Waals surface area contributed by atoms with Crippen molar-refractivity contribution >= 4 is 11.7 Å². The summed E-state index contributed by atoms with van der Waals surface area (Å²) in [5, 5.41) is 12.3. The van der Waals surface area contributed by atoms with Crippen molar-refractivity contribution in [3.63, 3.8) is 0 Å². The lowest BCUT2D eigenvalue weighted by Crippen LogP contribution is -2.19. The normalized spacial score (nSPS) is 20.4. The lowest BCUT2D eigenvalue weighted by Gasteiger charge is -1.98. The number of oxime groups is 1. The summed E-state index contributed by atoms with van der Waals surface area (Å²) in [4.78, 5) is 15.3. The zero-order valence-electron chi connectivity index (χ0n) is 7.56. The van der Waals surface area contributed by atoms with Crippen molar-refractivity contribution in [1.29, 1.82) is 0 Å². The van der Waals surface area contributed by atoms with Crippen LogP contribution in [0.3, 0.4) is 0 Å². The Hall–Kier alpha value is -1.78. The van der Waals surface area contributed by atoms with Crippen LogP contribution >= 0.6 is 0 Å². The molecule has 0 saturated heterocycles. The molecule has 14 heavy (non-hydrogen) atoms. The minimum atomic E-state index is -1.01. The van der Waals surface area contributed by atoms with E-state index < -0.39 is 12.1 Å². The molecule has 1 unspecified atom stereocenters. The van der Waals surface area contributed by atoms with Crippen molar-refractivity contribution in [2.24, 2.45) is 5.16 Å². The number of hydrogen-bond donors (Lipinski definition) is 1. The maximum atomic E-state index is 10.6. The number of aliphatic carboxylic acids is 1. The number of furan rings is 1. The van der Waals surface area contributed by atoms with Crippen molar-refractivity contribution in [2.45, 2.75) is 19.4 Å². The molecule has 1 N–H and O–H groups in total. The maximum absolute atomic E-state index is 10.6. The van der Waals surface area contributed by atoms with Gasteiger partial charge in [0.15, 0.2) is 5.76 Å². The van der Waals surface area contributed by atoms with E-state index in [4.69, 9.17) is 14.4 Å². The minimum Gasteiger partial charge on any atom is -0.478 e. The summed E-state index contributed by atoms with van der Waals surface area (Å²) < 4.78 is 5.29. The van der Waals surface area contributed by atoms with Gasteiger partial charge in [-0.3, -0.25) is 0 Å².